The summed E-state index contributed by atoms with van der Waals surface area (Å²) in [6.45, 7) is 5.69. The number of carbonyl (C=O) groups excluding carboxylic acids is 1. The van der Waals surface area contributed by atoms with Crippen LogP contribution in [0.25, 0.3) is 10.9 Å². The van der Waals surface area contributed by atoms with E-state index in [4.69, 9.17) is 10.5 Å². The van der Waals surface area contributed by atoms with Crippen molar-refractivity contribution in [3.05, 3.63) is 100 Å². The maximum atomic E-state index is 12.5. The first-order valence-electron chi connectivity index (χ1n) is 11.7. The van der Waals surface area contributed by atoms with Gasteiger partial charge in [0.1, 0.15) is 5.75 Å². The summed E-state index contributed by atoms with van der Waals surface area (Å²) in [7, 11) is 0. The molecule has 178 valence electrons. The Bertz CT molecular complexity index is 1420. The zero-order chi connectivity index (χ0) is 24.9. The quantitative estimate of drug-likeness (QED) is 0.332. The van der Waals surface area contributed by atoms with Crippen molar-refractivity contribution in [2.75, 3.05) is 6.61 Å². The van der Waals surface area contributed by atoms with Gasteiger partial charge in [-0.3, -0.25) is 4.79 Å². The van der Waals surface area contributed by atoms with E-state index in [-0.39, 0.29) is 24.2 Å². The Balaban J connectivity index is 1.82. The number of hydrogen-bond acceptors (Lipinski definition) is 3. The van der Waals surface area contributed by atoms with Crippen molar-refractivity contribution in [3.63, 3.8) is 0 Å². The van der Waals surface area contributed by atoms with E-state index in [0.717, 1.165) is 33.2 Å². The number of para-hydroxylation sites is 1. The van der Waals surface area contributed by atoms with Gasteiger partial charge in [-0.25, -0.2) is 0 Å². The summed E-state index contributed by atoms with van der Waals surface area (Å²) in [5.41, 5.74) is 11.5. The highest BCUT2D eigenvalue weighted by atomic mass is 16.5. The lowest BCUT2D eigenvalue weighted by Crippen LogP contribution is -2.19. The highest BCUT2D eigenvalue weighted by Gasteiger charge is 2.24. The summed E-state index contributed by atoms with van der Waals surface area (Å²) in [6, 6.07) is 19.6. The van der Waals surface area contributed by atoms with Gasteiger partial charge in [0.05, 0.1) is 18.3 Å². The average Bonchev–Trinajstić information content (AvgIpc) is 3.24. The highest BCUT2D eigenvalue weighted by Crippen LogP contribution is 2.35. The van der Waals surface area contributed by atoms with E-state index in [1.54, 1.807) is 6.07 Å². The van der Waals surface area contributed by atoms with E-state index >= 15 is 0 Å². The molecule has 5 nitrogen and oxygen atoms in total. The Labute approximate surface area is 205 Å². The fourth-order valence-corrected chi connectivity index (χ4v) is 4.28. The van der Waals surface area contributed by atoms with Crippen LogP contribution in [0.15, 0.2) is 66.9 Å². The molecule has 1 atom stereocenters. The maximum absolute atomic E-state index is 12.5. The number of aryl methyl sites for hydroxylation is 1. The minimum Gasteiger partial charge on any atom is -0.490 e. The summed E-state index contributed by atoms with van der Waals surface area (Å²) in [5, 5.41) is 11.5. The molecule has 1 heterocycles. The highest BCUT2D eigenvalue weighted by molar-refractivity contribution is 5.96. The normalized spacial score (nSPS) is 11.8. The Morgan fingerprint density at radius 3 is 2.54 bits per heavy atom. The lowest BCUT2D eigenvalue weighted by atomic mass is 9.88. The molecule has 0 radical (unpaired) electrons. The van der Waals surface area contributed by atoms with Crippen LogP contribution in [0.2, 0.25) is 0 Å². The van der Waals surface area contributed by atoms with E-state index in [9.17, 15) is 9.90 Å². The molecule has 5 heteroatoms. The van der Waals surface area contributed by atoms with E-state index in [2.05, 4.69) is 22.9 Å². The lowest BCUT2D eigenvalue weighted by Gasteiger charge is -2.23. The molecule has 0 saturated heterocycles. The summed E-state index contributed by atoms with van der Waals surface area (Å²) in [6.07, 6.45) is 2.35. The molecule has 35 heavy (non-hydrogen) atoms. The number of aromatic nitrogens is 1. The molecule has 0 aliphatic heterocycles. The molecule has 3 aromatic carbocycles. The third-order valence-electron chi connectivity index (χ3n) is 5.91. The van der Waals surface area contributed by atoms with Crippen LogP contribution in [0.3, 0.4) is 0 Å². The van der Waals surface area contributed by atoms with Crippen molar-refractivity contribution in [3.8, 4) is 17.6 Å². The van der Waals surface area contributed by atoms with Crippen molar-refractivity contribution in [1.29, 1.82) is 0 Å². The molecule has 0 fully saturated rings. The molecular formula is C30H30N2O3. The van der Waals surface area contributed by atoms with E-state index in [1.807, 2.05) is 75.5 Å². The number of aliphatic hydroxyl groups excluding tert-OH is 1. The number of aliphatic hydroxyl groups is 1. The maximum Gasteiger partial charge on any atom is 0.252 e. The second kappa shape index (κ2) is 10.5. The number of nitrogens with two attached hydrogens (primary N) is 1. The Morgan fingerprint density at radius 2 is 1.83 bits per heavy atom. The van der Waals surface area contributed by atoms with Gasteiger partial charge in [0.25, 0.3) is 5.91 Å². The van der Waals surface area contributed by atoms with Crippen molar-refractivity contribution in [1.82, 2.24) is 4.98 Å². The summed E-state index contributed by atoms with van der Waals surface area (Å²) < 4.78 is 6.09. The summed E-state index contributed by atoms with van der Waals surface area (Å²) >= 11 is 0. The number of aromatic amines is 1. The van der Waals surface area contributed by atoms with Crippen molar-refractivity contribution >= 4 is 16.8 Å². The van der Waals surface area contributed by atoms with Crippen LogP contribution in [-0.4, -0.2) is 28.7 Å². The number of amides is 1. The zero-order valence-corrected chi connectivity index (χ0v) is 20.3. The van der Waals surface area contributed by atoms with Crippen LogP contribution in [0, 0.1) is 18.8 Å². The minimum atomic E-state index is -0.593. The number of fused-ring (bicyclic) bond motifs is 1. The van der Waals surface area contributed by atoms with Crippen molar-refractivity contribution in [2.45, 2.75) is 39.2 Å². The molecule has 0 aliphatic rings. The number of benzene rings is 3. The molecule has 0 unspecified atom stereocenters. The van der Waals surface area contributed by atoms with Gasteiger partial charge in [-0.1, -0.05) is 42.2 Å². The smallest absolute Gasteiger partial charge is 0.252 e. The molecule has 0 saturated carbocycles. The van der Waals surface area contributed by atoms with Crippen molar-refractivity contribution in [2.24, 2.45) is 5.73 Å². The fourth-order valence-electron chi connectivity index (χ4n) is 4.28. The first kappa shape index (κ1) is 24.1. The van der Waals surface area contributed by atoms with Crippen LogP contribution in [-0.2, 0) is 6.42 Å². The van der Waals surface area contributed by atoms with Gasteiger partial charge >= 0.3 is 0 Å². The molecule has 4 N–H and O–H groups in total. The molecule has 1 amide bonds. The van der Waals surface area contributed by atoms with Crippen LogP contribution in [0.5, 0.6) is 5.75 Å². The number of primary amides is 1. The van der Waals surface area contributed by atoms with E-state index < -0.39 is 5.91 Å². The number of nitrogens with one attached hydrogen (secondary N) is 1. The van der Waals surface area contributed by atoms with Gasteiger partial charge in [0.2, 0.25) is 0 Å². The van der Waals surface area contributed by atoms with Gasteiger partial charge in [0, 0.05) is 39.7 Å². The molecule has 0 spiro atoms. The number of rotatable bonds is 7. The van der Waals surface area contributed by atoms with Gasteiger partial charge < -0.3 is 20.6 Å². The standard InChI is InChI=1S/C30H30N2O3/c1-19(2)35-29-26(24(18-33)16-23-17-32-28-10-5-4-9-25(23)28)14-22(15-27(29)30(31)34)12-11-21-8-6-7-20(3)13-21/h4-10,13-15,17,19,24,32-33H,16,18H2,1-3H3,(H2,31,34)/t24-/m0/s1. The first-order chi connectivity index (χ1) is 16.9. The molecule has 0 aliphatic carbocycles. The summed E-state index contributed by atoms with van der Waals surface area (Å²) in [4.78, 5) is 15.7. The molecule has 4 rings (SSSR count). The topological polar surface area (TPSA) is 88.3 Å². The number of hydrogen-bond donors (Lipinski definition) is 3. The lowest BCUT2D eigenvalue weighted by molar-refractivity contribution is 0.0994. The third-order valence-corrected chi connectivity index (χ3v) is 5.91. The van der Waals surface area contributed by atoms with Crippen LogP contribution in [0.1, 0.15) is 57.9 Å². The van der Waals surface area contributed by atoms with Gasteiger partial charge in [-0.15, -0.1) is 0 Å². The minimum absolute atomic E-state index is 0.124. The zero-order valence-electron chi connectivity index (χ0n) is 20.3. The second-order valence-electron chi connectivity index (χ2n) is 9.04. The Morgan fingerprint density at radius 1 is 1.06 bits per heavy atom. The third kappa shape index (κ3) is 5.56. The monoisotopic (exact) mass is 466 g/mol. The Kier molecular flexibility index (Phi) is 7.24. The number of H-pyrrole nitrogens is 1. The predicted molar refractivity (Wildman–Crippen MR) is 140 cm³/mol. The molecule has 4 aromatic rings. The largest absolute Gasteiger partial charge is 0.490 e. The molecule has 1 aromatic heterocycles. The number of carbonyl (C=O) groups is 1. The van der Waals surface area contributed by atoms with Gasteiger partial charge in [-0.05, 0) is 68.7 Å². The first-order valence-corrected chi connectivity index (χ1v) is 11.7. The van der Waals surface area contributed by atoms with Gasteiger partial charge in [0.15, 0.2) is 0 Å². The Hall–Kier alpha value is -4.01. The molecule has 0 bridgehead atoms. The number of ether oxygens (including phenoxy) is 1. The second-order valence-corrected chi connectivity index (χ2v) is 9.04. The van der Waals surface area contributed by atoms with E-state index in [0.29, 0.717) is 17.7 Å². The predicted octanol–water partition coefficient (Wildman–Crippen LogP) is 5.08. The van der Waals surface area contributed by atoms with E-state index in [1.165, 1.54) is 0 Å². The van der Waals surface area contributed by atoms with Crippen LogP contribution < -0.4 is 10.5 Å². The fraction of sp³-hybridized carbons (Fsp3) is 0.233. The van der Waals surface area contributed by atoms with Crippen molar-refractivity contribution < 1.29 is 14.6 Å². The van der Waals surface area contributed by atoms with Crippen LogP contribution >= 0.6 is 0 Å². The van der Waals surface area contributed by atoms with Crippen LogP contribution in [0.4, 0.5) is 0 Å². The SMILES string of the molecule is Cc1cccc(C#Cc2cc(C(N)=O)c(OC(C)C)c([C@H](CO)Cc3c[nH]c4ccccc34)c2)c1. The summed E-state index contributed by atoms with van der Waals surface area (Å²) in [5.74, 6) is 5.84. The molecular weight excluding hydrogens is 436 g/mol. The average molecular weight is 467 g/mol. The van der Waals surface area contributed by atoms with Gasteiger partial charge in [-0.2, -0.15) is 0 Å².